The molecule has 0 aromatic heterocycles. The molecule has 0 spiro atoms. The molecule has 4 aromatic carbocycles. The summed E-state index contributed by atoms with van der Waals surface area (Å²) in [5, 5.41) is 4.74. The van der Waals surface area contributed by atoms with Gasteiger partial charge in [0, 0.05) is 25.7 Å². The molecule has 2 unspecified atom stereocenters. The summed E-state index contributed by atoms with van der Waals surface area (Å²) in [6.07, 6.45) is -1.95. The molecule has 50 heavy (non-hydrogen) atoms. The second-order valence-corrected chi connectivity index (χ2v) is 13.4. The first kappa shape index (κ1) is 36.5. The Morgan fingerprint density at radius 1 is 0.800 bits per heavy atom. The predicted octanol–water partition coefficient (Wildman–Crippen LogP) is 7.60. The highest BCUT2D eigenvalue weighted by Crippen LogP contribution is 2.44. The van der Waals surface area contributed by atoms with Crippen molar-refractivity contribution < 1.29 is 33.3 Å². The number of fused-ring (bicyclic) bond motifs is 4. The summed E-state index contributed by atoms with van der Waals surface area (Å²) in [6, 6.07) is 28.1. The average molecular weight is 681 g/mol. The fraction of sp³-hybridized carbons (Fsp3) is 0.390. The standard InChI is InChI=1S/C41H48N2O7/c1-7-47-39(48-8-2)27(3)43(25-29-18-15-17-28-16-9-10-19-30(28)29)38(45)36(24-37(44)50-41(4,5)6)42-40(46)49-26-35-33-22-13-11-20-31(33)32-21-12-14-23-34(32)35/h9-23,27,35-36,39H,7-8,24-26H2,1-6H3,(H,42,46). The van der Waals surface area contributed by atoms with Crippen LogP contribution < -0.4 is 5.32 Å². The minimum atomic E-state index is -1.29. The molecule has 1 aliphatic rings. The van der Waals surface area contributed by atoms with Gasteiger partial charge in [0.15, 0.2) is 6.29 Å². The maximum absolute atomic E-state index is 14.7. The van der Waals surface area contributed by atoms with Gasteiger partial charge in [-0.2, -0.15) is 0 Å². The van der Waals surface area contributed by atoms with Gasteiger partial charge in [-0.1, -0.05) is 91.0 Å². The zero-order chi connectivity index (χ0) is 35.8. The van der Waals surface area contributed by atoms with Gasteiger partial charge in [0.25, 0.3) is 0 Å². The number of esters is 1. The van der Waals surface area contributed by atoms with Crippen LogP contribution in [0, 0.1) is 0 Å². The molecule has 0 saturated carbocycles. The quantitative estimate of drug-likeness (QED) is 0.108. The number of rotatable bonds is 14. The molecule has 0 fully saturated rings. The molecule has 0 heterocycles. The van der Waals surface area contributed by atoms with Crippen LogP contribution in [0.3, 0.4) is 0 Å². The number of alkyl carbamates (subject to hydrolysis) is 1. The summed E-state index contributed by atoms with van der Waals surface area (Å²) >= 11 is 0. The lowest BCUT2D eigenvalue weighted by Gasteiger charge is -2.36. The van der Waals surface area contributed by atoms with Crippen molar-refractivity contribution in [2.24, 2.45) is 0 Å². The number of hydrogen-bond acceptors (Lipinski definition) is 7. The predicted molar refractivity (Wildman–Crippen MR) is 193 cm³/mol. The van der Waals surface area contributed by atoms with Gasteiger partial charge in [0.2, 0.25) is 5.91 Å². The molecule has 4 aromatic rings. The summed E-state index contributed by atoms with van der Waals surface area (Å²) in [4.78, 5) is 43.1. The molecule has 264 valence electrons. The van der Waals surface area contributed by atoms with E-state index in [1.165, 1.54) is 0 Å². The first-order valence-electron chi connectivity index (χ1n) is 17.3. The van der Waals surface area contributed by atoms with E-state index in [1.807, 2.05) is 99.6 Å². The number of carbonyl (C=O) groups is 3. The Morgan fingerprint density at radius 2 is 1.38 bits per heavy atom. The van der Waals surface area contributed by atoms with Crippen molar-refractivity contribution in [2.45, 2.75) is 84.4 Å². The third-order valence-electron chi connectivity index (χ3n) is 8.78. The van der Waals surface area contributed by atoms with Gasteiger partial charge in [-0.3, -0.25) is 9.59 Å². The first-order chi connectivity index (χ1) is 24.0. The average Bonchev–Trinajstić information content (AvgIpc) is 3.41. The number of benzene rings is 4. The molecule has 9 heteroatoms. The molecular weight excluding hydrogens is 632 g/mol. The number of carbonyl (C=O) groups excluding carboxylic acids is 3. The Balaban J connectivity index is 1.43. The Morgan fingerprint density at radius 3 is 2.00 bits per heavy atom. The van der Waals surface area contributed by atoms with Crippen LogP contribution in [0.5, 0.6) is 0 Å². The smallest absolute Gasteiger partial charge is 0.407 e. The monoisotopic (exact) mass is 680 g/mol. The topological polar surface area (TPSA) is 103 Å². The van der Waals surface area contributed by atoms with Crippen molar-refractivity contribution in [1.82, 2.24) is 10.2 Å². The van der Waals surface area contributed by atoms with Crippen molar-refractivity contribution in [2.75, 3.05) is 19.8 Å². The van der Waals surface area contributed by atoms with Crippen molar-refractivity contribution in [1.29, 1.82) is 0 Å². The molecule has 1 N–H and O–H groups in total. The molecular formula is C41H48N2O7. The van der Waals surface area contributed by atoms with Gasteiger partial charge in [0.1, 0.15) is 18.2 Å². The van der Waals surface area contributed by atoms with Crippen molar-refractivity contribution >= 4 is 28.7 Å². The number of ether oxygens (including phenoxy) is 4. The maximum atomic E-state index is 14.7. The third-order valence-corrected chi connectivity index (χ3v) is 8.78. The number of hydrogen-bond donors (Lipinski definition) is 1. The molecule has 0 bridgehead atoms. The largest absolute Gasteiger partial charge is 0.460 e. The van der Waals surface area contributed by atoms with Crippen LogP contribution in [0.2, 0.25) is 0 Å². The third kappa shape index (κ3) is 8.70. The SMILES string of the molecule is CCOC(OCC)C(C)N(Cc1cccc2ccccc12)C(=O)C(CC(=O)OC(C)(C)C)NC(=O)OCC1c2ccccc2-c2ccccc21. The molecule has 2 amide bonds. The second-order valence-electron chi connectivity index (χ2n) is 13.4. The van der Waals surface area contributed by atoms with E-state index >= 15 is 0 Å². The van der Waals surface area contributed by atoms with Crippen LogP contribution in [0.4, 0.5) is 4.79 Å². The number of nitrogens with one attached hydrogen (secondary N) is 1. The zero-order valence-corrected chi connectivity index (χ0v) is 29.8. The summed E-state index contributed by atoms with van der Waals surface area (Å²) in [5.41, 5.74) is 4.44. The molecule has 1 aliphatic carbocycles. The van der Waals surface area contributed by atoms with E-state index in [-0.39, 0.29) is 19.1 Å². The lowest BCUT2D eigenvalue weighted by molar-refractivity contribution is -0.180. The Labute approximate surface area is 294 Å². The van der Waals surface area contributed by atoms with E-state index in [9.17, 15) is 14.4 Å². The summed E-state index contributed by atoms with van der Waals surface area (Å²) in [5.74, 6) is -1.29. The van der Waals surface area contributed by atoms with Gasteiger partial charge >= 0.3 is 12.1 Å². The van der Waals surface area contributed by atoms with Gasteiger partial charge in [-0.15, -0.1) is 0 Å². The normalized spacial score (nSPS) is 13.7. The van der Waals surface area contributed by atoms with E-state index in [0.717, 1.165) is 38.6 Å². The van der Waals surface area contributed by atoms with Crippen molar-refractivity contribution in [3.8, 4) is 11.1 Å². The first-order valence-corrected chi connectivity index (χ1v) is 17.3. The number of amides is 2. The Bertz CT molecular complexity index is 1740. The van der Waals surface area contributed by atoms with E-state index in [1.54, 1.807) is 25.7 Å². The molecule has 0 saturated heterocycles. The number of nitrogens with zero attached hydrogens (tertiary/aromatic N) is 1. The molecule has 0 radical (unpaired) electrons. The van der Waals surface area contributed by atoms with Crippen LogP contribution >= 0.6 is 0 Å². The minimum absolute atomic E-state index is 0.0556. The summed E-state index contributed by atoms with van der Waals surface area (Å²) in [7, 11) is 0. The van der Waals surface area contributed by atoms with Crippen molar-refractivity contribution in [3.63, 3.8) is 0 Å². The highest BCUT2D eigenvalue weighted by molar-refractivity contribution is 5.91. The van der Waals surface area contributed by atoms with Gasteiger partial charge in [-0.05, 0) is 80.1 Å². The van der Waals surface area contributed by atoms with Crippen LogP contribution in [0.15, 0.2) is 91.0 Å². The molecule has 9 nitrogen and oxygen atoms in total. The van der Waals surface area contributed by atoms with Gasteiger partial charge in [0.05, 0.1) is 12.5 Å². The van der Waals surface area contributed by atoms with Crippen LogP contribution in [-0.4, -0.2) is 66.7 Å². The molecule has 2 atom stereocenters. The van der Waals surface area contributed by atoms with Gasteiger partial charge in [-0.25, -0.2) is 4.79 Å². The van der Waals surface area contributed by atoms with Crippen LogP contribution in [0.1, 0.15) is 70.6 Å². The molecule has 0 aliphatic heterocycles. The van der Waals surface area contributed by atoms with E-state index < -0.39 is 48.4 Å². The van der Waals surface area contributed by atoms with Crippen LogP contribution in [-0.2, 0) is 35.1 Å². The Kier molecular flexibility index (Phi) is 11.9. The van der Waals surface area contributed by atoms with E-state index in [4.69, 9.17) is 18.9 Å². The maximum Gasteiger partial charge on any atom is 0.407 e. The lowest BCUT2D eigenvalue weighted by atomic mass is 9.98. The van der Waals surface area contributed by atoms with E-state index in [0.29, 0.717) is 13.2 Å². The fourth-order valence-electron chi connectivity index (χ4n) is 6.57. The van der Waals surface area contributed by atoms with Crippen molar-refractivity contribution in [3.05, 3.63) is 108 Å². The summed E-state index contributed by atoms with van der Waals surface area (Å²) in [6.45, 7) is 11.8. The second kappa shape index (κ2) is 16.3. The minimum Gasteiger partial charge on any atom is -0.460 e. The Hall–Kier alpha value is -4.73. The lowest BCUT2D eigenvalue weighted by Crippen LogP contribution is -2.55. The fourth-order valence-corrected chi connectivity index (χ4v) is 6.57. The van der Waals surface area contributed by atoms with Crippen LogP contribution in [0.25, 0.3) is 21.9 Å². The molecule has 5 rings (SSSR count). The van der Waals surface area contributed by atoms with E-state index in [2.05, 4.69) is 17.4 Å². The highest BCUT2D eigenvalue weighted by Gasteiger charge is 2.37. The highest BCUT2D eigenvalue weighted by atomic mass is 16.7. The summed E-state index contributed by atoms with van der Waals surface area (Å²) < 4.78 is 23.3. The van der Waals surface area contributed by atoms with Gasteiger partial charge < -0.3 is 29.2 Å². The zero-order valence-electron chi connectivity index (χ0n) is 29.8.